The van der Waals surface area contributed by atoms with Crippen molar-refractivity contribution in [3.63, 3.8) is 0 Å². The average molecular weight is 307 g/mol. The van der Waals surface area contributed by atoms with Gasteiger partial charge in [0.25, 0.3) is 0 Å². The second kappa shape index (κ2) is 5.45. The van der Waals surface area contributed by atoms with Crippen molar-refractivity contribution in [1.82, 2.24) is 0 Å². The molecule has 0 aliphatic carbocycles. The molecule has 1 aromatic carbocycles. The number of hydrogen-bond donors (Lipinski definition) is 3. The van der Waals surface area contributed by atoms with Crippen LogP contribution < -0.4 is 16.0 Å². The van der Waals surface area contributed by atoms with Crippen LogP contribution in [0.4, 0.5) is 5.69 Å². The van der Waals surface area contributed by atoms with Crippen molar-refractivity contribution in [2.75, 3.05) is 5.73 Å². The zero-order valence-electron chi connectivity index (χ0n) is 10.5. The SMILES string of the molecule is CCCCc1cc(N)c(S(N)(=O)=O)cc1S(N)(=O)=O. The van der Waals surface area contributed by atoms with E-state index < -0.39 is 24.9 Å². The zero-order valence-corrected chi connectivity index (χ0v) is 12.1. The molecule has 0 heterocycles. The summed E-state index contributed by atoms with van der Waals surface area (Å²) in [6, 6.07) is 2.22. The molecule has 108 valence electrons. The van der Waals surface area contributed by atoms with E-state index in [1.54, 1.807) is 0 Å². The lowest BCUT2D eigenvalue weighted by Gasteiger charge is -2.11. The molecule has 6 N–H and O–H groups in total. The lowest BCUT2D eigenvalue weighted by molar-refractivity contribution is 0.594. The molecule has 1 rings (SSSR count). The maximum Gasteiger partial charge on any atom is 0.240 e. The fourth-order valence-electron chi connectivity index (χ4n) is 1.70. The summed E-state index contributed by atoms with van der Waals surface area (Å²) in [5.74, 6) is 0. The third-order valence-electron chi connectivity index (χ3n) is 2.61. The van der Waals surface area contributed by atoms with Gasteiger partial charge in [-0.05, 0) is 30.5 Å². The highest BCUT2D eigenvalue weighted by atomic mass is 32.2. The number of nitrogen functional groups attached to an aromatic ring is 1. The maximum atomic E-state index is 11.5. The largest absolute Gasteiger partial charge is 0.398 e. The number of unbranched alkanes of at least 4 members (excludes halogenated alkanes) is 1. The third-order valence-corrected chi connectivity index (χ3v) is 4.57. The topological polar surface area (TPSA) is 146 Å². The molecule has 1 aromatic rings. The van der Waals surface area contributed by atoms with E-state index in [4.69, 9.17) is 16.0 Å². The highest BCUT2D eigenvalue weighted by molar-refractivity contribution is 7.90. The number of aryl methyl sites for hydroxylation is 1. The van der Waals surface area contributed by atoms with Crippen molar-refractivity contribution in [2.24, 2.45) is 10.3 Å². The number of sulfonamides is 2. The molecule has 0 spiro atoms. The summed E-state index contributed by atoms with van der Waals surface area (Å²) in [6.45, 7) is 1.94. The molecule has 0 radical (unpaired) electrons. The minimum absolute atomic E-state index is 0.0824. The highest BCUT2D eigenvalue weighted by Crippen LogP contribution is 2.26. The van der Waals surface area contributed by atoms with Crippen LogP contribution in [0.15, 0.2) is 21.9 Å². The van der Waals surface area contributed by atoms with Crippen LogP contribution in [0.1, 0.15) is 25.3 Å². The van der Waals surface area contributed by atoms with E-state index in [0.717, 1.165) is 18.9 Å². The molecule has 0 bridgehead atoms. The molecule has 0 saturated heterocycles. The number of rotatable bonds is 5. The van der Waals surface area contributed by atoms with E-state index in [1.807, 2.05) is 6.92 Å². The molecule has 19 heavy (non-hydrogen) atoms. The van der Waals surface area contributed by atoms with E-state index in [9.17, 15) is 16.8 Å². The van der Waals surface area contributed by atoms with E-state index in [1.165, 1.54) is 6.07 Å². The minimum atomic E-state index is -4.10. The summed E-state index contributed by atoms with van der Waals surface area (Å²) in [4.78, 5) is -0.684. The van der Waals surface area contributed by atoms with Crippen molar-refractivity contribution in [3.05, 3.63) is 17.7 Å². The number of hydrogen-bond acceptors (Lipinski definition) is 5. The molecule has 0 aliphatic heterocycles. The van der Waals surface area contributed by atoms with Gasteiger partial charge in [0, 0.05) is 0 Å². The fourth-order valence-corrected chi connectivity index (χ4v) is 3.25. The standard InChI is InChI=1S/C10H17N3O4S2/c1-2-3-4-7-5-8(11)10(19(13,16)17)6-9(7)18(12,14)15/h5-6H,2-4,11H2,1H3,(H2,12,14,15)(H2,13,16,17). The van der Waals surface area contributed by atoms with Gasteiger partial charge in [0.15, 0.2) is 0 Å². The van der Waals surface area contributed by atoms with Crippen molar-refractivity contribution in [2.45, 2.75) is 36.0 Å². The summed E-state index contributed by atoms with van der Waals surface area (Å²) < 4.78 is 45.7. The van der Waals surface area contributed by atoms with E-state index in [-0.39, 0.29) is 10.6 Å². The first-order chi connectivity index (χ1) is 8.57. The zero-order chi connectivity index (χ0) is 14.8. The normalized spacial score (nSPS) is 12.6. The molecule has 0 fully saturated rings. The van der Waals surface area contributed by atoms with Crippen molar-refractivity contribution < 1.29 is 16.8 Å². The van der Waals surface area contributed by atoms with Gasteiger partial charge in [-0.2, -0.15) is 0 Å². The first-order valence-corrected chi connectivity index (χ1v) is 8.64. The molecule has 9 heteroatoms. The summed E-state index contributed by atoms with van der Waals surface area (Å²) >= 11 is 0. The Balaban J connectivity index is 3.56. The fraction of sp³-hybridized carbons (Fsp3) is 0.400. The number of primary sulfonamides is 2. The first-order valence-electron chi connectivity index (χ1n) is 5.55. The predicted octanol–water partition coefficient (Wildman–Crippen LogP) is -0.0938. The van der Waals surface area contributed by atoms with Gasteiger partial charge in [-0.25, -0.2) is 27.1 Å². The van der Waals surface area contributed by atoms with Gasteiger partial charge in [-0.1, -0.05) is 13.3 Å². The quantitative estimate of drug-likeness (QED) is 0.650. The van der Waals surface area contributed by atoms with E-state index >= 15 is 0 Å². The highest BCUT2D eigenvalue weighted by Gasteiger charge is 2.21. The Kier molecular flexibility index (Phi) is 4.56. The number of benzene rings is 1. The molecule has 0 saturated carbocycles. The molecule has 0 aliphatic rings. The van der Waals surface area contributed by atoms with Crippen LogP contribution in [-0.2, 0) is 26.5 Å². The molecule has 0 amide bonds. The van der Waals surface area contributed by atoms with E-state index in [0.29, 0.717) is 12.0 Å². The van der Waals surface area contributed by atoms with Gasteiger partial charge in [0.05, 0.1) is 10.6 Å². The van der Waals surface area contributed by atoms with Crippen molar-refractivity contribution in [1.29, 1.82) is 0 Å². The summed E-state index contributed by atoms with van der Waals surface area (Å²) in [7, 11) is -8.14. The van der Waals surface area contributed by atoms with Crippen LogP contribution in [0.3, 0.4) is 0 Å². The molecule has 7 nitrogen and oxygen atoms in total. The molecule has 0 unspecified atom stereocenters. The second-order valence-electron chi connectivity index (χ2n) is 4.19. The van der Waals surface area contributed by atoms with Crippen LogP contribution >= 0.6 is 0 Å². The van der Waals surface area contributed by atoms with Gasteiger partial charge >= 0.3 is 0 Å². The Morgan fingerprint density at radius 1 is 1.00 bits per heavy atom. The van der Waals surface area contributed by atoms with Gasteiger partial charge in [0.1, 0.15) is 4.90 Å². The van der Waals surface area contributed by atoms with Crippen LogP contribution in [0, 0.1) is 0 Å². The lowest BCUT2D eigenvalue weighted by atomic mass is 10.1. The summed E-state index contributed by atoms with van der Waals surface area (Å²) in [6.07, 6.45) is 2.02. The Morgan fingerprint density at radius 3 is 1.95 bits per heavy atom. The second-order valence-corrected chi connectivity index (χ2v) is 7.25. The summed E-state index contributed by atoms with van der Waals surface area (Å²) in [5.41, 5.74) is 5.91. The molecular formula is C10H17N3O4S2. The predicted molar refractivity (Wildman–Crippen MR) is 72.2 cm³/mol. The molecule has 0 aromatic heterocycles. The van der Waals surface area contributed by atoms with Gasteiger partial charge in [-0.3, -0.25) is 0 Å². The van der Waals surface area contributed by atoms with Crippen LogP contribution in [0.5, 0.6) is 0 Å². The lowest BCUT2D eigenvalue weighted by Crippen LogP contribution is -2.19. The number of anilines is 1. The van der Waals surface area contributed by atoms with Crippen molar-refractivity contribution in [3.8, 4) is 0 Å². The summed E-state index contributed by atoms with van der Waals surface area (Å²) in [5, 5.41) is 10.1. The molecular weight excluding hydrogens is 290 g/mol. The van der Waals surface area contributed by atoms with Crippen LogP contribution in [-0.4, -0.2) is 16.8 Å². The van der Waals surface area contributed by atoms with Crippen LogP contribution in [0.2, 0.25) is 0 Å². The van der Waals surface area contributed by atoms with Crippen molar-refractivity contribution >= 4 is 25.7 Å². The van der Waals surface area contributed by atoms with Crippen LogP contribution in [0.25, 0.3) is 0 Å². The smallest absolute Gasteiger partial charge is 0.240 e. The van der Waals surface area contributed by atoms with E-state index in [2.05, 4.69) is 0 Å². The monoisotopic (exact) mass is 307 g/mol. The average Bonchev–Trinajstić information content (AvgIpc) is 2.22. The maximum absolute atomic E-state index is 11.5. The first kappa shape index (κ1) is 15.9. The van der Waals surface area contributed by atoms with Gasteiger partial charge < -0.3 is 5.73 Å². The Morgan fingerprint density at radius 2 is 1.53 bits per heavy atom. The number of nitrogens with two attached hydrogens (primary N) is 3. The van der Waals surface area contributed by atoms with Gasteiger partial charge in [-0.15, -0.1) is 0 Å². The minimum Gasteiger partial charge on any atom is -0.398 e. The Labute approximate surface area is 112 Å². The Hall–Kier alpha value is -1.16. The molecule has 0 atom stereocenters. The Bertz CT molecular complexity index is 681. The third kappa shape index (κ3) is 3.90. The van der Waals surface area contributed by atoms with Gasteiger partial charge in [0.2, 0.25) is 20.0 Å².